The van der Waals surface area contributed by atoms with Gasteiger partial charge >= 0.3 is 11.9 Å². The van der Waals surface area contributed by atoms with Crippen LogP contribution in [0.1, 0.15) is 184 Å². The van der Waals surface area contributed by atoms with Crippen molar-refractivity contribution in [2.75, 3.05) is 32.8 Å². The Balaban J connectivity index is 1.18. The Morgan fingerprint density at radius 3 is 2.45 bits per heavy atom. The number of phenols is 1. The van der Waals surface area contributed by atoms with Crippen LogP contribution in [0.3, 0.4) is 0 Å². The van der Waals surface area contributed by atoms with Crippen molar-refractivity contribution < 1.29 is 49.0 Å². The van der Waals surface area contributed by atoms with Crippen LogP contribution >= 0.6 is 0 Å². The molecule has 0 aromatic heterocycles. The summed E-state index contributed by atoms with van der Waals surface area (Å²) >= 11 is 0. The molecule has 2 saturated heterocycles. The van der Waals surface area contributed by atoms with E-state index in [-0.39, 0.29) is 71.5 Å². The van der Waals surface area contributed by atoms with E-state index >= 15 is 4.79 Å². The fourth-order valence-electron chi connectivity index (χ4n) is 15.8. The summed E-state index contributed by atoms with van der Waals surface area (Å²) in [6, 6.07) is 4.18. The monoisotopic (exact) mass is 958 g/mol. The Labute approximate surface area is 410 Å². The number of carbonyl (C=O) groups excluding carboxylic acids is 3. The number of fused-ring (bicyclic) bond motifs is 4. The first kappa shape index (κ1) is 50.5. The van der Waals surface area contributed by atoms with E-state index in [0.717, 1.165) is 68.9 Å². The van der Waals surface area contributed by atoms with Crippen molar-refractivity contribution in [1.82, 2.24) is 16.0 Å². The zero-order valence-corrected chi connectivity index (χ0v) is 41.6. The van der Waals surface area contributed by atoms with Gasteiger partial charge in [-0.3, -0.25) is 9.59 Å². The topological polar surface area (TPSA) is 196 Å². The number of aromatic hydroxyl groups is 1. The summed E-state index contributed by atoms with van der Waals surface area (Å²) in [6.07, 6.45) is 14.9. The molecule has 12 atom stereocenters. The number of benzene rings is 1. The minimum absolute atomic E-state index is 0.00794. The van der Waals surface area contributed by atoms with Crippen molar-refractivity contribution in [3.63, 3.8) is 0 Å². The molecule has 7 N–H and O–H groups in total. The second-order valence-electron chi connectivity index (χ2n) is 23.3. The molecule has 1 amide bonds. The third-order valence-electron chi connectivity index (χ3n) is 19.2. The van der Waals surface area contributed by atoms with Gasteiger partial charge in [-0.1, -0.05) is 56.9 Å². The molecule has 9 rings (SSSR count). The van der Waals surface area contributed by atoms with Crippen LogP contribution in [0, 0.1) is 52.3 Å². The molecule has 13 nitrogen and oxygen atoms in total. The lowest BCUT2D eigenvalue weighted by molar-refractivity contribution is -0.183. The van der Waals surface area contributed by atoms with E-state index in [9.17, 15) is 30.0 Å². The summed E-state index contributed by atoms with van der Waals surface area (Å²) in [5.74, 6) is 6.06. The van der Waals surface area contributed by atoms with Gasteiger partial charge in [0.15, 0.2) is 11.5 Å². The summed E-state index contributed by atoms with van der Waals surface area (Å²) in [5.41, 5.74) is -0.210. The van der Waals surface area contributed by atoms with Crippen LogP contribution < -0.4 is 20.7 Å². The first-order valence-electron chi connectivity index (χ1n) is 27.4. The minimum atomic E-state index is -1.16. The molecule has 3 aliphatic heterocycles. The van der Waals surface area contributed by atoms with E-state index in [1.807, 2.05) is 0 Å². The lowest BCUT2D eigenvalue weighted by Crippen LogP contribution is -2.65. The zero-order valence-electron chi connectivity index (χ0n) is 41.6. The second kappa shape index (κ2) is 21.7. The second-order valence-corrected chi connectivity index (χ2v) is 23.3. The largest absolute Gasteiger partial charge is 0.504 e. The predicted molar refractivity (Wildman–Crippen MR) is 261 cm³/mol. The first-order chi connectivity index (χ1) is 33.4. The number of esters is 2. The summed E-state index contributed by atoms with van der Waals surface area (Å²) in [5, 5.41) is 56.1. The van der Waals surface area contributed by atoms with Gasteiger partial charge in [0.05, 0.1) is 18.8 Å². The van der Waals surface area contributed by atoms with Crippen molar-refractivity contribution >= 4 is 17.8 Å². The van der Waals surface area contributed by atoms with Gasteiger partial charge in [-0.25, -0.2) is 4.79 Å². The van der Waals surface area contributed by atoms with Gasteiger partial charge in [0.1, 0.15) is 17.7 Å². The molecule has 8 aliphatic rings. The maximum absolute atomic E-state index is 15.6. The average molecular weight is 958 g/mol. The molecule has 1 aromatic carbocycles. The van der Waals surface area contributed by atoms with Crippen LogP contribution in [0.4, 0.5) is 0 Å². The first-order valence-corrected chi connectivity index (χ1v) is 27.4. The van der Waals surface area contributed by atoms with Crippen LogP contribution in [0.15, 0.2) is 12.1 Å². The smallest absolute Gasteiger partial charge is 0.332 e. The van der Waals surface area contributed by atoms with Gasteiger partial charge in [-0.05, 0) is 133 Å². The van der Waals surface area contributed by atoms with Crippen LogP contribution in [-0.4, -0.2) is 107 Å². The molecular formula is C56H83N3O10. The predicted octanol–water partition coefficient (Wildman–Crippen LogP) is 7.06. The van der Waals surface area contributed by atoms with Crippen molar-refractivity contribution in [1.29, 1.82) is 0 Å². The van der Waals surface area contributed by atoms with E-state index < -0.39 is 47.3 Å². The molecule has 0 unspecified atom stereocenters. The van der Waals surface area contributed by atoms with Crippen LogP contribution in [0.25, 0.3) is 0 Å². The van der Waals surface area contributed by atoms with Crippen LogP contribution in [0.5, 0.6) is 11.5 Å². The lowest BCUT2D eigenvalue weighted by Gasteiger charge is -2.56. The van der Waals surface area contributed by atoms with Crippen molar-refractivity contribution in [2.45, 2.75) is 209 Å². The van der Waals surface area contributed by atoms with Gasteiger partial charge in [0.25, 0.3) is 0 Å². The van der Waals surface area contributed by atoms with Crippen LogP contribution in [-0.2, 0) is 23.9 Å². The summed E-state index contributed by atoms with van der Waals surface area (Å²) in [4.78, 5) is 42.5. The Hall–Kier alpha value is -3.41. The summed E-state index contributed by atoms with van der Waals surface area (Å²) in [7, 11) is 0. The molecule has 1 spiro atoms. The van der Waals surface area contributed by atoms with Gasteiger partial charge in [-0.2, -0.15) is 0 Å². The molecule has 0 radical (unpaired) electrons. The fourth-order valence-corrected chi connectivity index (χ4v) is 15.8. The van der Waals surface area contributed by atoms with E-state index in [2.05, 4.69) is 33.9 Å². The number of amides is 1. The Morgan fingerprint density at radius 1 is 0.957 bits per heavy atom. The quantitative estimate of drug-likeness (QED) is 0.0788. The van der Waals surface area contributed by atoms with Gasteiger partial charge < -0.3 is 50.6 Å². The van der Waals surface area contributed by atoms with Gasteiger partial charge in [-0.15, -0.1) is 5.92 Å². The Kier molecular flexibility index (Phi) is 15.9. The number of carbonyl (C=O) groups is 3. The number of aliphatic hydroxyl groups excluding tert-OH is 3. The number of piperidine rings is 2. The summed E-state index contributed by atoms with van der Waals surface area (Å²) < 4.78 is 20.5. The highest BCUT2D eigenvalue weighted by Gasteiger charge is 2.60. The van der Waals surface area contributed by atoms with Gasteiger partial charge in [0, 0.05) is 85.4 Å². The molecular weight excluding hydrogens is 875 g/mol. The number of hydrogen-bond acceptors (Lipinski definition) is 12. The standard InChI is InChI=1S/C56H83N3O10/c1-35(61)29-37-11-10-12-38-30-44-45(54(34-60)22-8-9-23-54)33-67-52-46(64)20-19-43(50(44)52)51(38)55(25-27-57-28-26-55)48(69-53(66)56-24-7-6-13-39(56)16-21-49(65)59-56)31-47(68-36(2)62)42(37)18-17-41(63)32-58-40-14-4-3-5-15-40/h19-20,35,37-42,44-45,47-48,51,57-58,60-61,63-64H,3-9,11,13-18,21-34H2,1-2H3,(H,59,65)/t35-,37+,38-,39+,41-,42+,44+,45+,47-,48+,51-,56+/m0/s1. The molecule has 1 aromatic rings. The summed E-state index contributed by atoms with van der Waals surface area (Å²) in [6.45, 7) is 5.45. The minimum Gasteiger partial charge on any atom is -0.504 e. The van der Waals surface area contributed by atoms with Crippen LogP contribution in [0.2, 0.25) is 0 Å². The molecule has 3 saturated carbocycles. The normalized spacial score (nSPS) is 35.0. The van der Waals surface area contributed by atoms with Crippen molar-refractivity contribution in [3.8, 4) is 23.3 Å². The maximum atomic E-state index is 15.6. The highest BCUT2D eigenvalue weighted by molar-refractivity contribution is 5.90. The van der Waals surface area contributed by atoms with E-state index in [1.54, 1.807) is 13.0 Å². The molecule has 13 heteroatoms. The molecule has 382 valence electrons. The molecule has 69 heavy (non-hydrogen) atoms. The van der Waals surface area contributed by atoms with E-state index in [4.69, 9.17) is 14.2 Å². The van der Waals surface area contributed by atoms with E-state index in [1.165, 1.54) is 26.2 Å². The number of rotatable bonds is 13. The Bertz CT molecular complexity index is 2030. The number of ether oxygens (including phenoxy) is 3. The fraction of sp³-hybridized carbons (Fsp3) is 0.804. The zero-order chi connectivity index (χ0) is 48.3. The molecule has 3 heterocycles. The number of aliphatic hydroxyl groups is 3. The average Bonchev–Trinajstić information content (AvgIpc) is 3.84. The molecule has 5 fully saturated rings. The third kappa shape index (κ3) is 10.3. The molecule has 5 aliphatic carbocycles. The number of hydrogen-bond donors (Lipinski definition) is 7. The molecule has 0 bridgehead atoms. The number of nitrogens with one attached hydrogen (secondary N) is 3. The lowest BCUT2D eigenvalue weighted by atomic mass is 9.51. The van der Waals surface area contributed by atoms with Crippen molar-refractivity contribution in [2.24, 2.45) is 40.4 Å². The highest BCUT2D eigenvalue weighted by Crippen LogP contribution is 2.65. The third-order valence-corrected chi connectivity index (χ3v) is 19.2. The van der Waals surface area contributed by atoms with Gasteiger partial charge in [0.2, 0.25) is 5.91 Å². The highest BCUT2D eigenvalue weighted by atomic mass is 16.6. The van der Waals surface area contributed by atoms with Crippen molar-refractivity contribution in [3.05, 3.63) is 23.3 Å². The SMILES string of the molecule is CC(=O)O[C@H]1C[C@@H](OC(=O)[C@@]23CCCC[C@@H]2CCC(=O)N3)C2(CCNCC2)[C@@H]2c3ccc(O)c4c3[C@H](C[C@@H]2C#CC[C@H](C[C@H](C)O)[C@H]1CC[C@H](O)CNC1CCCCC1)[C@H](C1(CO)CCCC1)CO4. The van der Waals surface area contributed by atoms with E-state index in [0.29, 0.717) is 102 Å². The maximum Gasteiger partial charge on any atom is 0.332 e. The number of phenolic OH excluding ortho intramolecular Hbond substituents is 1. The Morgan fingerprint density at radius 2 is 1.71 bits per heavy atom.